The van der Waals surface area contributed by atoms with Crippen LogP contribution in [0.25, 0.3) is 0 Å². The van der Waals surface area contributed by atoms with Gasteiger partial charge in [0.1, 0.15) is 0 Å². The van der Waals surface area contributed by atoms with Crippen LogP contribution in [0.1, 0.15) is 50.0 Å². The van der Waals surface area contributed by atoms with E-state index in [0.717, 1.165) is 18.2 Å². The zero-order valence-electron chi connectivity index (χ0n) is 12.6. The lowest BCUT2D eigenvalue weighted by Crippen LogP contribution is -2.33. The number of likely N-dealkylation sites (tertiary alicyclic amines) is 1. The SMILES string of the molecule is NCCCCCCN1CCC(c2ccc(N)cc2)CC1. The maximum absolute atomic E-state index is 5.75. The number of hydrogen-bond donors (Lipinski definition) is 2. The molecule has 1 aromatic carbocycles. The molecule has 0 saturated carbocycles. The number of unbranched alkanes of at least 4 members (excludes halogenated alkanes) is 3. The van der Waals surface area contributed by atoms with Gasteiger partial charge in [0.05, 0.1) is 0 Å². The van der Waals surface area contributed by atoms with Crippen LogP contribution in [0.15, 0.2) is 24.3 Å². The van der Waals surface area contributed by atoms with E-state index in [0.29, 0.717) is 0 Å². The molecule has 112 valence electrons. The molecule has 1 aliphatic rings. The van der Waals surface area contributed by atoms with E-state index in [1.165, 1.54) is 63.7 Å². The van der Waals surface area contributed by atoms with Gasteiger partial charge in [-0.3, -0.25) is 0 Å². The van der Waals surface area contributed by atoms with Gasteiger partial charge in [-0.2, -0.15) is 0 Å². The average Bonchev–Trinajstić information content (AvgIpc) is 2.49. The van der Waals surface area contributed by atoms with Crippen molar-refractivity contribution in [3.63, 3.8) is 0 Å². The molecule has 1 aliphatic heterocycles. The minimum absolute atomic E-state index is 0.726. The summed E-state index contributed by atoms with van der Waals surface area (Å²) in [7, 11) is 0. The first kappa shape index (κ1) is 15.3. The number of hydrogen-bond acceptors (Lipinski definition) is 3. The highest BCUT2D eigenvalue weighted by Gasteiger charge is 2.19. The van der Waals surface area contributed by atoms with E-state index in [1.807, 2.05) is 12.1 Å². The second-order valence-corrected chi connectivity index (χ2v) is 5.99. The van der Waals surface area contributed by atoms with E-state index in [-0.39, 0.29) is 0 Å². The zero-order valence-corrected chi connectivity index (χ0v) is 12.6. The van der Waals surface area contributed by atoms with Crippen LogP contribution in [0.4, 0.5) is 5.69 Å². The first-order valence-electron chi connectivity index (χ1n) is 8.07. The molecule has 4 N–H and O–H groups in total. The third kappa shape index (κ3) is 4.80. The van der Waals surface area contributed by atoms with Gasteiger partial charge in [0.15, 0.2) is 0 Å². The summed E-state index contributed by atoms with van der Waals surface area (Å²) in [5.41, 5.74) is 13.6. The van der Waals surface area contributed by atoms with E-state index < -0.39 is 0 Å². The number of nitrogen functional groups attached to an aromatic ring is 1. The molecule has 0 amide bonds. The highest BCUT2D eigenvalue weighted by molar-refractivity contribution is 5.40. The van der Waals surface area contributed by atoms with Crippen LogP contribution in [0.3, 0.4) is 0 Å². The van der Waals surface area contributed by atoms with Crippen molar-refractivity contribution in [2.24, 2.45) is 5.73 Å². The molecular formula is C17H29N3. The van der Waals surface area contributed by atoms with Gasteiger partial charge < -0.3 is 16.4 Å². The minimum Gasteiger partial charge on any atom is -0.399 e. The Morgan fingerprint density at radius 2 is 1.60 bits per heavy atom. The zero-order chi connectivity index (χ0) is 14.2. The normalized spacial score (nSPS) is 17.4. The first-order chi connectivity index (χ1) is 9.79. The van der Waals surface area contributed by atoms with Crippen molar-refractivity contribution in [1.29, 1.82) is 0 Å². The Morgan fingerprint density at radius 1 is 0.950 bits per heavy atom. The summed E-state index contributed by atoms with van der Waals surface area (Å²) in [6, 6.07) is 8.45. The van der Waals surface area contributed by atoms with Crippen molar-refractivity contribution < 1.29 is 0 Å². The van der Waals surface area contributed by atoms with Gasteiger partial charge in [-0.05, 0) is 75.5 Å². The van der Waals surface area contributed by atoms with E-state index >= 15 is 0 Å². The topological polar surface area (TPSA) is 55.3 Å². The molecule has 0 aromatic heterocycles. The van der Waals surface area contributed by atoms with Crippen LogP contribution in [-0.4, -0.2) is 31.1 Å². The fourth-order valence-corrected chi connectivity index (χ4v) is 3.09. The predicted molar refractivity (Wildman–Crippen MR) is 86.8 cm³/mol. The molecule has 0 spiro atoms. The predicted octanol–water partition coefficient (Wildman–Crippen LogP) is 2.97. The Morgan fingerprint density at radius 3 is 2.25 bits per heavy atom. The fraction of sp³-hybridized carbons (Fsp3) is 0.647. The van der Waals surface area contributed by atoms with Crippen molar-refractivity contribution in [3.05, 3.63) is 29.8 Å². The molecule has 0 aliphatic carbocycles. The second-order valence-electron chi connectivity index (χ2n) is 5.99. The van der Waals surface area contributed by atoms with Gasteiger partial charge in [0, 0.05) is 5.69 Å². The van der Waals surface area contributed by atoms with Crippen molar-refractivity contribution in [3.8, 4) is 0 Å². The van der Waals surface area contributed by atoms with Gasteiger partial charge in [-0.25, -0.2) is 0 Å². The lowest BCUT2D eigenvalue weighted by Gasteiger charge is -2.32. The third-order valence-electron chi connectivity index (χ3n) is 4.42. The Labute approximate surface area is 123 Å². The Kier molecular flexibility index (Phi) is 6.34. The van der Waals surface area contributed by atoms with Crippen LogP contribution in [0, 0.1) is 0 Å². The molecule has 0 unspecified atom stereocenters. The highest BCUT2D eigenvalue weighted by Crippen LogP contribution is 2.28. The molecule has 1 aromatic rings. The van der Waals surface area contributed by atoms with Crippen molar-refractivity contribution in [2.45, 2.75) is 44.4 Å². The summed E-state index contributed by atoms with van der Waals surface area (Å²) < 4.78 is 0. The molecule has 1 saturated heterocycles. The standard InChI is InChI=1S/C17H29N3/c18-11-3-1-2-4-12-20-13-9-16(10-14-20)15-5-7-17(19)8-6-15/h5-8,16H,1-4,9-14,18-19H2. The quantitative estimate of drug-likeness (QED) is 0.594. The van der Waals surface area contributed by atoms with Crippen LogP contribution in [0.5, 0.6) is 0 Å². The lowest BCUT2D eigenvalue weighted by molar-refractivity contribution is 0.208. The Bertz CT molecular complexity index is 366. The highest BCUT2D eigenvalue weighted by atomic mass is 15.1. The van der Waals surface area contributed by atoms with E-state index in [1.54, 1.807) is 0 Å². The average molecular weight is 275 g/mol. The molecule has 0 atom stereocenters. The number of benzene rings is 1. The van der Waals surface area contributed by atoms with Gasteiger partial charge in [0.2, 0.25) is 0 Å². The van der Waals surface area contributed by atoms with Crippen LogP contribution >= 0.6 is 0 Å². The maximum Gasteiger partial charge on any atom is 0.0314 e. The summed E-state index contributed by atoms with van der Waals surface area (Å²) in [5, 5.41) is 0. The second kappa shape index (κ2) is 8.28. The number of nitrogens with two attached hydrogens (primary N) is 2. The van der Waals surface area contributed by atoms with E-state index in [4.69, 9.17) is 11.5 Å². The molecule has 0 bridgehead atoms. The van der Waals surface area contributed by atoms with Gasteiger partial charge >= 0.3 is 0 Å². The number of anilines is 1. The molecule has 1 fully saturated rings. The van der Waals surface area contributed by atoms with Gasteiger partial charge in [-0.1, -0.05) is 25.0 Å². The monoisotopic (exact) mass is 275 g/mol. The molecule has 20 heavy (non-hydrogen) atoms. The fourth-order valence-electron chi connectivity index (χ4n) is 3.09. The molecular weight excluding hydrogens is 246 g/mol. The maximum atomic E-state index is 5.75. The van der Waals surface area contributed by atoms with Crippen molar-refractivity contribution in [2.75, 3.05) is 31.9 Å². The number of piperidine rings is 1. The summed E-state index contributed by atoms with van der Waals surface area (Å²) >= 11 is 0. The third-order valence-corrected chi connectivity index (χ3v) is 4.42. The van der Waals surface area contributed by atoms with Crippen molar-refractivity contribution >= 4 is 5.69 Å². The van der Waals surface area contributed by atoms with Crippen LogP contribution in [-0.2, 0) is 0 Å². The Hall–Kier alpha value is -1.06. The van der Waals surface area contributed by atoms with Crippen LogP contribution < -0.4 is 11.5 Å². The first-order valence-corrected chi connectivity index (χ1v) is 8.07. The van der Waals surface area contributed by atoms with E-state index in [9.17, 15) is 0 Å². The van der Waals surface area contributed by atoms with Gasteiger partial charge in [-0.15, -0.1) is 0 Å². The molecule has 1 heterocycles. The minimum atomic E-state index is 0.726. The Balaban J connectivity index is 1.66. The summed E-state index contributed by atoms with van der Waals surface area (Å²) in [5.74, 6) is 0.726. The lowest BCUT2D eigenvalue weighted by atomic mass is 9.89. The number of nitrogens with zero attached hydrogens (tertiary/aromatic N) is 1. The molecule has 0 radical (unpaired) electrons. The van der Waals surface area contributed by atoms with E-state index in [2.05, 4.69) is 17.0 Å². The summed E-state index contributed by atoms with van der Waals surface area (Å²) in [6.45, 7) is 4.59. The van der Waals surface area contributed by atoms with Gasteiger partial charge in [0.25, 0.3) is 0 Å². The summed E-state index contributed by atoms with van der Waals surface area (Å²) in [4.78, 5) is 2.62. The molecule has 3 nitrogen and oxygen atoms in total. The smallest absolute Gasteiger partial charge is 0.0314 e. The van der Waals surface area contributed by atoms with Crippen LogP contribution in [0.2, 0.25) is 0 Å². The largest absolute Gasteiger partial charge is 0.399 e. The van der Waals surface area contributed by atoms with Crippen molar-refractivity contribution in [1.82, 2.24) is 4.90 Å². The summed E-state index contributed by atoms with van der Waals surface area (Å²) in [6.07, 6.45) is 7.69. The number of rotatable bonds is 7. The molecule has 3 heteroatoms. The molecule has 2 rings (SSSR count).